The van der Waals surface area contributed by atoms with Crippen molar-refractivity contribution in [1.29, 1.82) is 0 Å². The van der Waals surface area contributed by atoms with Gasteiger partial charge in [0.05, 0.1) is 6.04 Å². The second-order valence-corrected chi connectivity index (χ2v) is 15.9. The monoisotopic (exact) mass is 658 g/mol. The number of ketones is 3. The fourth-order valence-electron chi connectivity index (χ4n) is 8.06. The third kappa shape index (κ3) is 8.43. The Morgan fingerprint density at radius 3 is 2.46 bits per heavy atom. The summed E-state index contributed by atoms with van der Waals surface area (Å²) in [6, 6.07) is 3.73. The molecule has 0 radical (unpaired) electrons. The van der Waals surface area contributed by atoms with Crippen molar-refractivity contribution in [2.75, 3.05) is 6.54 Å². The van der Waals surface area contributed by atoms with Gasteiger partial charge in [-0.05, 0) is 60.5 Å². The molecule has 1 saturated heterocycles. The number of pyridine rings is 1. The minimum Gasteiger partial charge on any atom is -0.332 e. The molecule has 48 heavy (non-hydrogen) atoms. The number of carbonyl (C=O) groups excluding carboxylic acids is 5. The van der Waals surface area contributed by atoms with E-state index in [2.05, 4.69) is 42.0 Å². The zero-order valence-electron chi connectivity index (χ0n) is 29.5. The van der Waals surface area contributed by atoms with Crippen LogP contribution in [0.4, 0.5) is 4.79 Å². The average Bonchev–Trinajstić information content (AvgIpc) is 3.34. The minimum absolute atomic E-state index is 0.0407. The zero-order valence-corrected chi connectivity index (χ0v) is 29.5. The molecule has 3 fully saturated rings. The van der Waals surface area contributed by atoms with E-state index in [0.717, 1.165) is 37.8 Å². The summed E-state index contributed by atoms with van der Waals surface area (Å²) in [4.78, 5) is 74.3. The number of terminal acetylenes is 1. The standard InChI is InChI=1S/C39H54N4O5/c1-8-10-17-26(33(46)29(44)19-11-9-2)23-30(45)32-31-28(38(31,6)7)25-43(32)35(47)34(37(3,4)5)41-36(48)42-39(20-14-12-15-21-39)24-27-18-13-16-22-40-27/h1,9,13,16,18,22,26,28,31-32,34H,2,10-12,14-15,17,19-21,23-25H2,3-7H3,(H2,41,42,48)/t26?,28-,31-,32+,34+/m0/s1. The number of fused-ring (bicyclic) bond motifs is 1. The van der Waals surface area contributed by atoms with Gasteiger partial charge in [0.1, 0.15) is 6.04 Å². The van der Waals surface area contributed by atoms with Gasteiger partial charge in [0.2, 0.25) is 11.7 Å². The van der Waals surface area contributed by atoms with Crippen LogP contribution in [0.15, 0.2) is 37.1 Å². The smallest absolute Gasteiger partial charge is 0.315 e. The lowest BCUT2D eigenvalue weighted by atomic mass is 9.78. The molecule has 1 unspecified atom stereocenters. The molecule has 2 saturated carbocycles. The first kappa shape index (κ1) is 37.0. The van der Waals surface area contributed by atoms with Crippen LogP contribution in [0.3, 0.4) is 0 Å². The average molecular weight is 659 g/mol. The number of hydrogen-bond acceptors (Lipinski definition) is 6. The highest BCUT2D eigenvalue weighted by molar-refractivity contribution is 6.38. The van der Waals surface area contributed by atoms with Gasteiger partial charge in [-0.1, -0.05) is 66.0 Å². The van der Waals surface area contributed by atoms with E-state index < -0.39 is 46.6 Å². The zero-order chi connectivity index (χ0) is 35.3. The molecule has 4 rings (SSSR count). The second-order valence-electron chi connectivity index (χ2n) is 15.9. The molecule has 260 valence electrons. The number of piperidine rings is 1. The van der Waals surface area contributed by atoms with Gasteiger partial charge < -0.3 is 15.5 Å². The molecule has 1 aromatic rings. The molecule has 0 spiro atoms. The highest BCUT2D eigenvalue weighted by atomic mass is 16.2. The van der Waals surface area contributed by atoms with Gasteiger partial charge in [0.15, 0.2) is 11.6 Å². The van der Waals surface area contributed by atoms with Crippen molar-refractivity contribution in [2.45, 2.75) is 123 Å². The molecule has 2 aliphatic carbocycles. The molecule has 2 N–H and O–H groups in total. The number of urea groups is 1. The fourth-order valence-corrected chi connectivity index (χ4v) is 8.06. The number of aromatic nitrogens is 1. The lowest BCUT2D eigenvalue weighted by molar-refractivity contribution is -0.144. The summed E-state index contributed by atoms with van der Waals surface area (Å²) in [5.74, 6) is 0.0900. The Morgan fingerprint density at radius 1 is 1.15 bits per heavy atom. The molecular weight excluding hydrogens is 604 g/mol. The van der Waals surface area contributed by atoms with E-state index in [1.54, 1.807) is 17.2 Å². The van der Waals surface area contributed by atoms with E-state index in [9.17, 15) is 24.0 Å². The van der Waals surface area contributed by atoms with E-state index in [-0.39, 0.29) is 54.6 Å². The van der Waals surface area contributed by atoms with Gasteiger partial charge >= 0.3 is 6.03 Å². The molecule has 9 nitrogen and oxygen atoms in total. The van der Waals surface area contributed by atoms with Crippen LogP contribution in [0.25, 0.3) is 0 Å². The predicted molar refractivity (Wildman–Crippen MR) is 186 cm³/mol. The van der Waals surface area contributed by atoms with Crippen LogP contribution in [-0.4, -0.2) is 63.3 Å². The van der Waals surface area contributed by atoms with Gasteiger partial charge in [0, 0.05) is 55.6 Å². The Bertz CT molecular complexity index is 1420. The number of likely N-dealkylation sites (tertiary alicyclic amines) is 1. The van der Waals surface area contributed by atoms with E-state index in [1.165, 1.54) is 0 Å². The normalized spacial score (nSPS) is 23.5. The number of carbonyl (C=O) groups is 5. The van der Waals surface area contributed by atoms with Gasteiger partial charge in [0.25, 0.3) is 0 Å². The van der Waals surface area contributed by atoms with Gasteiger partial charge in [-0.25, -0.2) is 4.79 Å². The fraction of sp³-hybridized carbons (Fsp3) is 0.641. The van der Waals surface area contributed by atoms with Crippen molar-refractivity contribution < 1.29 is 24.0 Å². The number of rotatable bonds is 15. The number of nitrogens with one attached hydrogen (secondary N) is 2. The van der Waals surface area contributed by atoms with Crippen molar-refractivity contribution in [1.82, 2.24) is 20.5 Å². The maximum absolute atomic E-state index is 14.5. The van der Waals surface area contributed by atoms with Crippen LogP contribution in [0.2, 0.25) is 0 Å². The van der Waals surface area contributed by atoms with Gasteiger partial charge in [-0.3, -0.25) is 24.2 Å². The van der Waals surface area contributed by atoms with Crippen molar-refractivity contribution in [3.63, 3.8) is 0 Å². The summed E-state index contributed by atoms with van der Waals surface area (Å²) in [6.45, 7) is 13.9. The molecular formula is C39H54N4O5. The molecule has 3 amide bonds. The SMILES string of the molecule is C#CCCC(CC(=O)[C@@H]1[C@@H]2[C@H](CN1C(=O)[C@@H](NC(=O)NC1(Cc3ccccn3)CCCCC1)C(C)(C)C)C2(C)C)C(=O)C(=O)CCC=C. The van der Waals surface area contributed by atoms with Crippen LogP contribution < -0.4 is 10.6 Å². The Kier molecular flexibility index (Phi) is 11.7. The third-order valence-corrected chi connectivity index (χ3v) is 11.0. The summed E-state index contributed by atoms with van der Waals surface area (Å²) < 4.78 is 0. The third-order valence-electron chi connectivity index (χ3n) is 11.0. The number of amides is 3. The van der Waals surface area contributed by atoms with Crippen molar-refractivity contribution in [3.8, 4) is 12.3 Å². The van der Waals surface area contributed by atoms with E-state index in [1.807, 2.05) is 39.0 Å². The summed E-state index contributed by atoms with van der Waals surface area (Å²) in [6.07, 6.45) is 14.9. The highest BCUT2D eigenvalue weighted by Crippen LogP contribution is 2.65. The van der Waals surface area contributed by atoms with Crippen molar-refractivity contribution in [2.24, 2.45) is 28.6 Å². The first-order valence-electron chi connectivity index (χ1n) is 17.6. The van der Waals surface area contributed by atoms with E-state index >= 15 is 0 Å². The number of nitrogens with zero attached hydrogens (tertiary/aromatic N) is 2. The topological polar surface area (TPSA) is 126 Å². The van der Waals surface area contributed by atoms with Gasteiger partial charge in [-0.15, -0.1) is 18.9 Å². The lowest BCUT2D eigenvalue weighted by Crippen LogP contribution is -2.62. The van der Waals surface area contributed by atoms with Crippen LogP contribution in [-0.2, 0) is 25.6 Å². The van der Waals surface area contributed by atoms with Crippen LogP contribution in [0.5, 0.6) is 0 Å². The van der Waals surface area contributed by atoms with Crippen LogP contribution in [0, 0.1) is 40.9 Å². The van der Waals surface area contributed by atoms with Crippen LogP contribution in [0.1, 0.15) is 105 Å². The summed E-state index contributed by atoms with van der Waals surface area (Å²) in [7, 11) is 0. The summed E-state index contributed by atoms with van der Waals surface area (Å²) in [5, 5.41) is 6.28. The van der Waals surface area contributed by atoms with Crippen molar-refractivity contribution in [3.05, 3.63) is 42.7 Å². The Balaban J connectivity index is 1.54. The molecule has 2 heterocycles. The number of Topliss-reactive ketones (excluding diaryl/α,β-unsaturated/α-hetero) is 3. The predicted octanol–water partition coefficient (Wildman–Crippen LogP) is 5.62. The largest absolute Gasteiger partial charge is 0.332 e. The first-order valence-corrected chi connectivity index (χ1v) is 17.6. The molecule has 0 aromatic carbocycles. The van der Waals surface area contributed by atoms with Crippen LogP contribution >= 0.6 is 0 Å². The van der Waals surface area contributed by atoms with Crippen molar-refractivity contribution >= 4 is 29.3 Å². The summed E-state index contributed by atoms with van der Waals surface area (Å²) >= 11 is 0. The van der Waals surface area contributed by atoms with E-state index in [4.69, 9.17) is 6.42 Å². The molecule has 5 atom stereocenters. The molecule has 9 heteroatoms. The lowest BCUT2D eigenvalue weighted by Gasteiger charge is -2.41. The molecule has 1 aromatic heterocycles. The first-order chi connectivity index (χ1) is 22.6. The Morgan fingerprint density at radius 2 is 1.85 bits per heavy atom. The Hall–Kier alpha value is -3.80. The van der Waals surface area contributed by atoms with Gasteiger partial charge in [-0.2, -0.15) is 0 Å². The highest BCUT2D eigenvalue weighted by Gasteiger charge is 2.69. The maximum atomic E-state index is 14.5. The molecule has 1 aliphatic heterocycles. The molecule has 0 bridgehead atoms. The van der Waals surface area contributed by atoms with E-state index in [0.29, 0.717) is 19.4 Å². The number of hydrogen-bond donors (Lipinski definition) is 2. The number of allylic oxidation sites excluding steroid dienone is 1. The summed E-state index contributed by atoms with van der Waals surface area (Å²) in [5.41, 5.74) is -0.364. The maximum Gasteiger partial charge on any atom is 0.315 e. The quantitative estimate of drug-likeness (QED) is 0.143. The Labute approximate surface area is 286 Å². The molecule has 3 aliphatic rings. The second kappa shape index (κ2) is 15.2. The minimum atomic E-state index is -0.900.